The molecule has 0 heterocycles. The van der Waals surface area contributed by atoms with Crippen LogP contribution in [0.2, 0.25) is 0 Å². The van der Waals surface area contributed by atoms with E-state index in [-0.39, 0.29) is 6.16 Å². The summed E-state index contributed by atoms with van der Waals surface area (Å²) in [6.07, 6.45) is -0.217. The van der Waals surface area contributed by atoms with Crippen molar-refractivity contribution in [3.8, 4) is 11.1 Å². The average molecular weight is 280 g/mol. The summed E-state index contributed by atoms with van der Waals surface area (Å²) in [6.45, 7) is 0. The van der Waals surface area contributed by atoms with Crippen molar-refractivity contribution in [1.82, 2.24) is 0 Å². The molecule has 5 heteroatoms. The van der Waals surface area contributed by atoms with Gasteiger partial charge < -0.3 is 9.42 Å². The summed E-state index contributed by atoms with van der Waals surface area (Å²) < 4.78 is 29.5. The fraction of sp³-hybridized carbons (Fsp3) is 0.143. The van der Waals surface area contributed by atoms with Gasteiger partial charge in [-0.05, 0) is 28.8 Å². The molecule has 2 rings (SSSR count). The van der Waals surface area contributed by atoms with E-state index in [1.54, 1.807) is 6.07 Å². The third kappa shape index (κ3) is 3.51. The Morgan fingerprint density at radius 2 is 1.89 bits per heavy atom. The minimum absolute atomic E-state index is 0.217. The maximum atomic E-state index is 13.3. The van der Waals surface area contributed by atoms with Gasteiger partial charge in [0.1, 0.15) is 5.82 Å². The van der Waals surface area contributed by atoms with Gasteiger partial charge in [0, 0.05) is 7.11 Å². The van der Waals surface area contributed by atoms with Crippen LogP contribution in [0.5, 0.6) is 0 Å². The second-order valence-electron chi connectivity index (χ2n) is 4.15. The molecule has 0 radical (unpaired) electrons. The van der Waals surface area contributed by atoms with Crippen LogP contribution in [0, 0.1) is 5.82 Å². The quantitative estimate of drug-likeness (QED) is 0.866. The largest absolute Gasteiger partial charge is 0.332 e. The van der Waals surface area contributed by atoms with Crippen molar-refractivity contribution in [3.63, 3.8) is 0 Å². The molecule has 0 aliphatic heterocycles. The summed E-state index contributed by atoms with van der Waals surface area (Å²) in [5.74, 6) is -0.439. The summed E-state index contributed by atoms with van der Waals surface area (Å²) >= 11 is 0. The second kappa shape index (κ2) is 5.66. The fourth-order valence-electron chi connectivity index (χ4n) is 1.87. The Kier molecular flexibility index (Phi) is 4.15. The Balaban J connectivity index is 2.48. The van der Waals surface area contributed by atoms with Crippen molar-refractivity contribution in [3.05, 3.63) is 59.9 Å². The lowest BCUT2D eigenvalue weighted by Crippen LogP contribution is -1.95. The zero-order valence-corrected chi connectivity index (χ0v) is 11.3. The summed E-state index contributed by atoms with van der Waals surface area (Å²) in [5, 5.41) is 0. The Labute approximate surface area is 111 Å². The fourth-order valence-corrected chi connectivity index (χ4v) is 2.69. The summed E-state index contributed by atoms with van der Waals surface area (Å²) in [6, 6.07) is 13.5. The lowest BCUT2D eigenvalue weighted by atomic mass is 10.0. The monoisotopic (exact) mass is 280 g/mol. The van der Waals surface area contributed by atoms with Crippen LogP contribution in [0.15, 0.2) is 48.5 Å². The summed E-state index contributed by atoms with van der Waals surface area (Å²) in [4.78, 5) is 9.55. The van der Waals surface area contributed by atoms with Crippen molar-refractivity contribution in [2.45, 2.75) is 6.16 Å². The van der Waals surface area contributed by atoms with Gasteiger partial charge in [-0.3, -0.25) is 4.57 Å². The van der Waals surface area contributed by atoms with Gasteiger partial charge in [-0.2, -0.15) is 0 Å². The van der Waals surface area contributed by atoms with Gasteiger partial charge in [-0.15, -0.1) is 0 Å². The summed E-state index contributed by atoms with van der Waals surface area (Å²) in [5.41, 5.74) is 2.06. The first-order valence-corrected chi connectivity index (χ1v) is 7.49. The Morgan fingerprint density at radius 3 is 2.53 bits per heavy atom. The molecular formula is C14H14FO3P. The lowest BCUT2D eigenvalue weighted by Gasteiger charge is -2.13. The van der Waals surface area contributed by atoms with Crippen LogP contribution in [-0.4, -0.2) is 12.0 Å². The van der Waals surface area contributed by atoms with Gasteiger partial charge in [-0.25, -0.2) is 4.39 Å². The van der Waals surface area contributed by atoms with Crippen LogP contribution in [0.25, 0.3) is 11.1 Å². The maximum absolute atomic E-state index is 13.3. The maximum Gasteiger partial charge on any atom is 0.332 e. The first-order chi connectivity index (χ1) is 9.02. The second-order valence-corrected chi connectivity index (χ2v) is 6.10. The molecule has 0 fully saturated rings. The molecule has 0 amide bonds. The van der Waals surface area contributed by atoms with E-state index in [0.717, 1.165) is 11.1 Å². The van der Waals surface area contributed by atoms with Crippen LogP contribution in [0.1, 0.15) is 5.56 Å². The van der Waals surface area contributed by atoms with Crippen LogP contribution >= 0.6 is 7.60 Å². The van der Waals surface area contributed by atoms with E-state index >= 15 is 0 Å². The van der Waals surface area contributed by atoms with Gasteiger partial charge in [0.15, 0.2) is 0 Å². The predicted octanol–water partition coefficient (Wildman–Crippen LogP) is 3.82. The standard InChI is InChI=1S/C14H14FO3P/c1-18-19(16,17)10-12-9-13(15)7-8-14(12)11-5-3-2-4-6-11/h2-9H,10H2,1H3,(H,16,17). The SMILES string of the molecule is COP(=O)(O)Cc1cc(F)ccc1-c1ccccc1. The molecule has 1 N–H and O–H groups in total. The molecule has 0 spiro atoms. The molecule has 2 aromatic rings. The molecule has 19 heavy (non-hydrogen) atoms. The number of hydrogen-bond donors (Lipinski definition) is 1. The van der Waals surface area contributed by atoms with Crippen LogP contribution in [0.4, 0.5) is 4.39 Å². The number of rotatable bonds is 4. The lowest BCUT2D eigenvalue weighted by molar-refractivity contribution is 0.314. The van der Waals surface area contributed by atoms with E-state index in [1.807, 2.05) is 30.3 Å². The minimum Gasteiger partial charge on any atom is -0.324 e. The van der Waals surface area contributed by atoms with Crippen LogP contribution in [-0.2, 0) is 15.3 Å². The van der Waals surface area contributed by atoms with Gasteiger partial charge >= 0.3 is 7.60 Å². The minimum atomic E-state index is -3.73. The molecule has 0 bridgehead atoms. The van der Waals surface area contributed by atoms with Gasteiger partial charge in [-0.1, -0.05) is 36.4 Å². The normalized spacial score (nSPS) is 14.1. The highest BCUT2D eigenvalue weighted by molar-refractivity contribution is 7.51. The molecular weight excluding hydrogens is 266 g/mol. The number of halogens is 1. The molecule has 0 saturated carbocycles. The molecule has 0 aliphatic carbocycles. The van der Waals surface area contributed by atoms with Gasteiger partial charge in [0.05, 0.1) is 6.16 Å². The highest BCUT2D eigenvalue weighted by atomic mass is 31.2. The zero-order chi connectivity index (χ0) is 13.9. The molecule has 0 aromatic heterocycles. The molecule has 2 aromatic carbocycles. The molecule has 3 nitrogen and oxygen atoms in total. The van der Waals surface area contributed by atoms with Crippen LogP contribution < -0.4 is 0 Å². The van der Waals surface area contributed by atoms with E-state index < -0.39 is 13.4 Å². The Hall–Kier alpha value is -1.48. The van der Waals surface area contributed by atoms with Crippen molar-refractivity contribution < 1.29 is 18.4 Å². The average Bonchev–Trinajstić information content (AvgIpc) is 2.39. The number of hydrogen-bond acceptors (Lipinski definition) is 2. The zero-order valence-electron chi connectivity index (χ0n) is 10.4. The van der Waals surface area contributed by atoms with Gasteiger partial charge in [0.25, 0.3) is 0 Å². The first kappa shape index (κ1) is 13.9. The van der Waals surface area contributed by atoms with E-state index in [9.17, 15) is 13.8 Å². The highest BCUT2D eigenvalue weighted by Gasteiger charge is 2.20. The first-order valence-electron chi connectivity index (χ1n) is 5.73. The third-order valence-electron chi connectivity index (χ3n) is 2.81. The smallest absolute Gasteiger partial charge is 0.324 e. The topological polar surface area (TPSA) is 46.5 Å². The van der Waals surface area contributed by atoms with E-state index in [2.05, 4.69) is 4.52 Å². The predicted molar refractivity (Wildman–Crippen MR) is 72.4 cm³/mol. The highest BCUT2D eigenvalue weighted by Crippen LogP contribution is 2.46. The van der Waals surface area contributed by atoms with Crippen LogP contribution in [0.3, 0.4) is 0 Å². The van der Waals surface area contributed by atoms with Gasteiger partial charge in [0.2, 0.25) is 0 Å². The Morgan fingerprint density at radius 1 is 1.21 bits per heavy atom. The van der Waals surface area contributed by atoms with Crippen molar-refractivity contribution in [2.24, 2.45) is 0 Å². The van der Waals surface area contributed by atoms with Crippen molar-refractivity contribution >= 4 is 7.60 Å². The Bertz CT molecular complexity index is 613. The van der Waals surface area contributed by atoms with E-state index in [0.29, 0.717) is 5.56 Å². The molecule has 0 saturated heterocycles. The van der Waals surface area contributed by atoms with Crippen molar-refractivity contribution in [2.75, 3.05) is 7.11 Å². The molecule has 100 valence electrons. The summed E-state index contributed by atoms with van der Waals surface area (Å²) in [7, 11) is -2.56. The van der Waals surface area contributed by atoms with E-state index in [4.69, 9.17) is 0 Å². The van der Waals surface area contributed by atoms with E-state index in [1.165, 1.54) is 19.2 Å². The molecule has 0 aliphatic rings. The van der Waals surface area contributed by atoms with Crippen molar-refractivity contribution in [1.29, 1.82) is 0 Å². The number of benzene rings is 2. The molecule has 1 atom stereocenters. The third-order valence-corrected chi connectivity index (χ3v) is 4.12. The molecule has 1 unspecified atom stereocenters.